The Balaban J connectivity index is 1.70. The summed E-state index contributed by atoms with van der Waals surface area (Å²) in [6.45, 7) is 1.85. The number of aromatic nitrogens is 1. The maximum Gasteiger partial charge on any atom is 0.338 e. The normalized spacial score (nSPS) is 17.2. The van der Waals surface area contributed by atoms with Crippen LogP contribution in [0.25, 0.3) is 6.08 Å². The maximum absolute atomic E-state index is 13.6. The van der Waals surface area contributed by atoms with E-state index in [4.69, 9.17) is 14.2 Å². The summed E-state index contributed by atoms with van der Waals surface area (Å²) in [5, 5.41) is 0. The van der Waals surface area contributed by atoms with Gasteiger partial charge in [0, 0.05) is 0 Å². The van der Waals surface area contributed by atoms with Crippen LogP contribution in [-0.2, 0) is 9.53 Å². The lowest BCUT2D eigenvalue weighted by Crippen LogP contribution is -2.39. The molecule has 1 aromatic heterocycles. The number of fused-ring (bicyclic) bond motifs is 2. The van der Waals surface area contributed by atoms with Crippen LogP contribution in [0.1, 0.15) is 24.1 Å². The first-order valence-electron chi connectivity index (χ1n) is 9.72. The fourth-order valence-electron chi connectivity index (χ4n) is 3.81. The molecule has 162 valence electrons. The number of halogens is 1. The van der Waals surface area contributed by atoms with Crippen molar-refractivity contribution in [2.45, 2.75) is 13.0 Å². The van der Waals surface area contributed by atoms with Crippen LogP contribution < -0.4 is 24.4 Å². The number of rotatable bonds is 3. The second kappa shape index (κ2) is 7.76. The molecule has 9 heteroatoms. The van der Waals surface area contributed by atoms with E-state index in [0.717, 1.165) is 5.56 Å². The van der Waals surface area contributed by atoms with E-state index in [9.17, 15) is 14.0 Å². The molecule has 0 N–H and O–H groups in total. The number of carbonyl (C=O) groups excluding carboxylic acids is 1. The Kier molecular flexibility index (Phi) is 4.90. The van der Waals surface area contributed by atoms with E-state index < -0.39 is 17.8 Å². The molecule has 2 aliphatic rings. The smallest absolute Gasteiger partial charge is 0.338 e. The molecule has 0 aliphatic carbocycles. The van der Waals surface area contributed by atoms with Gasteiger partial charge in [-0.3, -0.25) is 9.36 Å². The lowest BCUT2D eigenvalue weighted by atomic mass is 9.96. The first kappa shape index (κ1) is 20.2. The first-order valence-corrected chi connectivity index (χ1v) is 10.5. The van der Waals surface area contributed by atoms with Crippen molar-refractivity contribution < 1.29 is 23.4 Å². The van der Waals surface area contributed by atoms with Gasteiger partial charge in [0.2, 0.25) is 6.79 Å². The Labute approximate surface area is 185 Å². The van der Waals surface area contributed by atoms with Crippen LogP contribution >= 0.6 is 11.3 Å². The van der Waals surface area contributed by atoms with E-state index in [1.807, 2.05) is 6.07 Å². The van der Waals surface area contributed by atoms with Crippen molar-refractivity contribution in [2.24, 2.45) is 4.99 Å². The molecule has 3 aromatic rings. The van der Waals surface area contributed by atoms with Gasteiger partial charge in [-0.2, -0.15) is 0 Å². The Morgan fingerprint density at radius 3 is 2.72 bits per heavy atom. The number of ether oxygens (including phenoxy) is 3. The van der Waals surface area contributed by atoms with Crippen LogP contribution in [-0.4, -0.2) is 24.4 Å². The van der Waals surface area contributed by atoms with Gasteiger partial charge in [0.25, 0.3) is 5.56 Å². The molecule has 2 aliphatic heterocycles. The van der Waals surface area contributed by atoms with Crippen molar-refractivity contribution in [3.8, 4) is 11.5 Å². The summed E-state index contributed by atoms with van der Waals surface area (Å²) in [6.07, 6.45) is 1.74. The number of allylic oxidation sites excluding steroid dienone is 1. The molecule has 1 unspecified atom stereocenters. The lowest BCUT2D eigenvalue weighted by molar-refractivity contribution is -0.136. The van der Waals surface area contributed by atoms with Crippen LogP contribution in [0.2, 0.25) is 0 Å². The van der Waals surface area contributed by atoms with Crippen molar-refractivity contribution >= 4 is 23.4 Å². The van der Waals surface area contributed by atoms with Gasteiger partial charge in [-0.05, 0) is 48.4 Å². The Morgan fingerprint density at radius 1 is 1.22 bits per heavy atom. The lowest BCUT2D eigenvalue weighted by Gasteiger charge is -2.24. The molecule has 0 spiro atoms. The first-order chi connectivity index (χ1) is 15.5. The minimum absolute atomic E-state index is 0.161. The van der Waals surface area contributed by atoms with Crippen LogP contribution in [0.4, 0.5) is 4.39 Å². The molecule has 3 heterocycles. The van der Waals surface area contributed by atoms with Crippen molar-refractivity contribution in [2.75, 3.05) is 13.9 Å². The number of carbonyl (C=O) groups is 1. The van der Waals surface area contributed by atoms with Gasteiger partial charge in [-0.15, -0.1) is 0 Å². The standard InChI is InChI=1S/C23H17FN2O5S/c1-12-19(22(28)29-2)20(14-4-6-15(24)7-5-14)26-21(27)18(32-23(26)25-12)10-13-3-8-16-17(9-13)31-11-30-16/h3-10,20H,11H2,1-2H3/b18-10+. The predicted molar refractivity (Wildman–Crippen MR) is 115 cm³/mol. The van der Waals surface area contributed by atoms with Crippen molar-refractivity contribution in [1.82, 2.24) is 4.57 Å². The topological polar surface area (TPSA) is 79.1 Å². The molecule has 0 saturated carbocycles. The summed E-state index contributed by atoms with van der Waals surface area (Å²) in [6, 6.07) is 10.3. The molecule has 5 rings (SSSR count). The highest BCUT2D eigenvalue weighted by Gasteiger charge is 2.33. The quantitative estimate of drug-likeness (QED) is 0.570. The minimum Gasteiger partial charge on any atom is -0.466 e. The fourth-order valence-corrected chi connectivity index (χ4v) is 4.85. The zero-order valence-corrected chi connectivity index (χ0v) is 17.9. The molecular formula is C23H17FN2O5S. The van der Waals surface area contributed by atoms with Crippen LogP contribution in [0.5, 0.6) is 11.5 Å². The number of esters is 1. The summed E-state index contributed by atoms with van der Waals surface area (Å²) in [7, 11) is 1.27. The van der Waals surface area contributed by atoms with Crippen LogP contribution in [0.15, 0.2) is 63.5 Å². The molecule has 0 radical (unpaired) electrons. The second-order valence-corrected chi connectivity index (χ2v) is 8.25. The Morgan fingerprint density at radius 2 is 1.97 bits per heavy atom. The summed E-state index contributed by atoms with van der Waals surface area (Å²) in [5.74, 6) is 0.257. The average Bonchev–Trinajstić information content (AvgIpc) is 3.37. The van der Waals surface area contributed by atoms with E-state index in [-0.39, 0.29) is 17.9 Å². The van der Waals surface area contributed by atoms with Gasteiger partial charge in [-0.25, -0.2) is 14.2 Å². The second-order valence-electron chi connectivity index (χ2n) is 7.24. The van der Waals surface area contributed by atoms with Crippen molar-refractivity contribution in [3.63, 3.8) is 0 Å². The molecular weight excluding hydrogens is 435 g/mol. The Hall–Kier alpha value is -3.72. The number of thiazole rings is 1. The number of benzene rings is 2. The SMILES string of the molecule is COC(=O)C1=C(C)N=c2s/c(=C/c3ccc4c(c3)OCO4)c(=O)n2C1c1ccc(F)cc1. The van der Waals surface area contributed by atoms with E-state index >= 15 is 0 Å². The third kappa shape index (κ3) is 3.31. The molecule has 2 aromatic carbocycles. The molecule has 32 heavy (non-hydrogen) atoms. The highest BCUT2D eigenvalue weighted by atomic mass is 32.1. The zero-order valence-electron chi connectivity index (χ0n) is 17.1. The molecule has 7 nitrogen and oxygen atoms in total. The predicted octanol–water partition coefficient (Wildman–Crippen LogP) is 2.28. The van der Waals surface area contributed by atoms with Crippen LogP contribution in [0.3, 0.4) is 0 Å². The molecule has 0 bridgehead atoms. The maximum atomic E-state index is 13.6. The van der Waals surface area contributed by atoms with E-state index in [1.165, 1.54) is 35.1 Å². The monoisotopic (exact) mass is 452 g/mol. The minimum atomic E-state index is -0.779. The summed E-state index contributed by atoms with van der Waals surface area (Å²) in [5.41, 5.74) is 1.72. The van der Waals surface area contributed by atoms with E-state index in [2.05, 4.69) is 4.99 Å². The van der Waals surface area contributed by atoms with Gasteiger partial charge in [-0.1, -0.05) is 29.5 Å². The van der Waals surface area contributed by atoms with E-state index in [1.54, 1.807) is 37.3 Å². The fraction of sp³-hybridized carbons (Fsp3) is 0.174. The summed E-state index contributed by atoms with van der Waals surface area (Å²) in [4.78, 5) is 31.0. The average molecular weight is 452 g/mol. The van der Waals surface area contributed by atoms with E-state index in [0.29, 0.717) is 32.1 Å². The Bertz CT molecular complexity index is 1450. The van der Waals surface area contributed by atoms with Gasteiger partial charge in [0.1, 0.15) is 5.82 Å². The van der Waals surface area contributed by atoms with Gasteiger partial charge >= 0.3 is 5.97 Å². The summed E-state index contributed by atoms with van der Waals surface area (Å²) < 4.78 is 31.1. The van der Waals surface area contributed by atoms with Crippen LogP contribution in [0, 0.1) is 5.82 Å². The summed E-state index contributed by atoms with van der Waals surface area (Å²) >= 11 is 1.21. The zero-order chi connectivity index (χ0) is 22.4. The number of methoxy groups -OCH3 is 1. The highest BCUT2D eigenvalue weighted by molar-refractivity contribution is 7.07. The van der Waals surface area contributed by atoms with Gasteiger partial charge < -0.3 is 14.2 Å². The third-order valence-electron chi connectivity index (χ3n) is 5.31. The number of hydrogen-bond donors (Lipinski definition) is 0. The molecule has 0 amide bonds. The largest absolute Gasteiger partial charge is 0.466 e. The van der Waals surface area contributed by atoms with Gasteiger partial charge in [0.05, 0.1) is 29.0 Å². The highest BCUT2D eigenvalue weighted by Crippen LogP contribution is 2.33. The third-order valence-corrected chi connectivity index (χ3v) is 6.29. The van der Waals surface area contributed by atoms with Crippen molar-refractivity contribution in [1.29, 1.82) is 0 Å². The molecule has 0 fully saturated rings. The number of hydrogen-bond acceptors (Lipinski definition) is 7. The van der Waals surface area contributed by atoms with Gasteiger partial charge in [0.15, 0.2) is 16.3 Å². The molecule has 0 saturated heterocycles. The molecule has 1 atom stereocenters. The van der Waals surface area contributed by atoms with Crippen molar-refractivity contribution in [3.05, 3.63) is 90.4 Å². The number of nitrogens with zero attached hydrogens (tertiary/aromatic N) is 2.